The summed E-state index contributed by atoms with van der Waals surface area (Å²) in [6, 6.07) is 3.54. The summed E-state index contributed by atoms with van der Waals surface area (Å²) in [5, 5.41) is 0.578. The van der Waals surface area contributed by atoms with Gasteiger partial charge in [-0.25, -0.2) is 4.98 Å². The molecular weight excluding hydrogens is 249 g/mol. The number of aromatic nitrogens is 1. The van der Waals surface area contributed by atoms with E-state index in [4.69, 9.17) is 32.7 Å². The third-order valence-corrected chi connectivity index (χ3v) is 3.07. The summed E-state index contributed by atoms with van der Waals surface area (Å²) in [6.07, 6.45) is 1.99. The second-order valence-corrected chi connectivity index (χ2v) is 4.32. The second kappa shape index (κ2) is 5.71. The molecule has 2 heterocycles. The molecular formula is C11H13Cl2NO2. The first-order chi connectivity index (χ1) is 7.79. The minimum atomic E-state index is 0.186. The van der Waals surface area contributed by atoms with Crippen molar-refractivity contribution in [2.45, 2.75) is 24.8 Å². The van der Waals surface area contributed by atoms with Gasteiger partial charge in [-0.3, -0.25) is 0 Å². The molecule has 1 aromatic heterocycles. The van der Waals surface area contributed by atoms with Crippen molar-refractivity contribution in [2.24, 2.45) is 0 Å². The molecule has 16 heavy (non-hydrogen) atoms. The van der Waals surface area contributed by atoms with Gasteiger partial charge in [-0.15, -0.1) is 11.6 Å². The average molecular weight is 262 g/mol. The fourth-order valence-electron chi connectivity index (χ4n) is 1.59. The van der Waals surface area contributed by atoms with Crippen molar-refractivity contribution in [1.82, 2.24) is 4.98 Å². The first-order valence-electron chi connectivity index (χ1n) is 5.25. The third kappa shape index (κ3) is 3.00. The molecule has 3 nitrogen and oxygen atoms in total. The fourth-order valence-corrected chi connectivity index (χ4v) is 2.03. The van der Waals surface area contributed by atoms with Crippen LogP contribution in [0, 0.1) is 0 Å². The van der Waals surface area contributed by atoms with Gasteiger partial charge >= 0.3 is 0 Å². The molecule has 0 aromatic carbocycles. The molecule has 1 aliphatic rings. The molecule has 0 radical (unpaired) electrons. The van der Waals surface area contributed by atoms with Crippen molar-refractivity contribution >= 4 is 23.2 Å². The lowest BCUT2D eigenvalue weighted by Crippen LogP contribution is -2.26. The Kier molecular flexibility index (Phi) is 4.27. The lowest BCUT2D eigenvalue weighted by molar-refractivity contribution is 0.0237. The van der Waals surface area contributed by atoms with Crippen LogP contribution in [-0.2, 0) is 10.6 Å². The van der Waals surface area contributed by atoms with E-state index in [0.717, 1.165) is 26.1 Å². The van der Waals surface area contributed by atoms with Crippen LogP contribution in [0.15, 0.2) is 12.1 Å². The number of rotatable bonds is 3. The molecule has 0 amide bonds. The molecule has 1 aliphatic heterocycles. The highest BCUT2D eigenvalue weighted by Gasteiger charge is 2.16. The quantitative estimate of drug-likeness (QED) is 0.784. The molecule has 1 aromatic rings. The smallest absolute Gasteiger partial charge is 0.213 e. The van der Waals surface area contributed by atoms with E-state index in [1.165, 1.54) is 0 Å². The highest BCUT2D eigenvalue weighted by atomic mass is 35.5. The summed E-state index contributed by atoms with van der Waals surface area (Å²) in [4.78, 5) is 4.26. The molecule has 0 aliphatic carbocycles. The van der Waals surface area contributed by atoms with E-state index >= 15 is 0 Å². The SMILES string of the molecule is ClCc1nc(OC2CCOCC2)ccc1Cl. The van der Waals surface area contributed by atoms with Gasteiger partial charge in [0.05, 0.1) is 29.8 Å². The Morgan fingerprint density at radius 1 is 1.38 bits per heavy atom. The lowest BCUT2D eigenvalue weighted by Gasteiger charge is -2.22. The summed E-state index contributed by atoms with van der Waals surface area (Å²) in [7, 11) is 0. The predicted molar refractivity (Wildman–Crippen MR) is 63.3 cm³/mol. The Morgan fingerprint density at radius 2 is 2.12 bits per heavy atom. The zero-order chi connectivity index (χ0) is 11.4. The van der Waals surface area contributed by atoms with Crippen molar-refractivity contribution < 1.29 is 9.47 Å². The number of hydrogen-bond acceptors (Lipinski definition) is 3. The summed E-state index contributed by atoms with van der Waals surface area (Å²) in [5.74, 6) is 0.885. The normalized spacial score (nSPS) is 17.4. The van der Waals surface area contributed by atoms with Crippen LogP contribution in [0.1, 0.15) is 18.5 Å². The van der Waals surface area contributed by atoms with E-state index in [2.05, 4.69) is 4.98 Å². The van der Waals surface area contributed by atoms with Gasteiger partial charge in [0.25, 0.3) is 0 Å². The Morgan fingerprint density at radius 3 is 2.81 bits per heavy atom. The maximum absolute atomic E-state index is 5.92. The molecule has 0 bridgehead atoms. The van der Waals surface area contributed by atoms with Crippen molar-refractivity contribution in [3.8, 4) is 5.88 Å². The summed E-state index contributed by atoms with van der Waals surface area (Å²) < 4.78 is 11.0. The largest absolute Gasteiger partial charge is 0.474 e. The molecule has 1 fully saturated rings. The first kappa shape index (κ1) is 12.0. The van der Waals surface area contributed by atoms with E-state index in [1.807, 2.05) is 0 Å². The van der Waals surface area contributed by atoms with Gasteiger partial charge < -0.3 is 9.47 Å². The number of nitrogens with zero attached hydrogens (tertiary/aromatic N) is 1. The van der Waals surface area contributed by atoms with Gasteiger partial charge in [-0.2, -0.15) is 0 Å². The Labute approximate surface area is 105 Å². The van der Waals surface area contributed by atoms with Crippen LogP contribution in [0.4, 0.5) is 0 Å². The standard InChI is InChI=1S/C11H13Cl2NO2/c12-7-10-9(13)1-2-11(14-10)16-8-3-5-15-6-4-8/h1-2,8H,3-7H2. The first-order valence-corrected chi connectivity index (χ1v) is 6.16. The van der Waals surface area contributed by atoms with Crippen LogP contribution in [-0.4, -0.2) is 24.3 Å². The summed E-state index contributed by atoms with van der Waals surface area (Å²) in [5.41, 5.74) is 0.660. The highest BCUT2D eigenvalue weighted by Crippen LogP contribution is 2.22. The van der Waals surface area contributed by atoms with Crippen molar-refractivity contribution in [3.05, 3.63) is 22.8 Å². The highest BCUT2D eigenvalue weighted by molar-refractivity contribution is 6.32. The van der Waals surface area contributed by atoms with Gasteiger partial charge in [0.1, 0.15) is 6.10 Å². The van der Waals surface area contributed by atoms with Crippen LogP contribution in [0.3, 0.4) is 0 Å². The van der Waals surface area contributed by atoms with E-state index in [1.54, 1.807) is 12.1 Å². The van der Waals surface area contributed by atoms with Crippen LogP contribution in [0.5, 0.6) is 5.88 Å². The Balaban J connectivity index is 2.03. The maximum Gasteiger partial charge on any atom is 0.213 e. The lowest BCUT2D eigenvalue weighted by atomic mass is 10.1. The molecule has 0 N–H and O–H groups in total. The number of halogens is 2. The number of pyridine rings is 1. The Bertz CT molecular complexity index is 354. The second-order valence-electron chi connectivity index (χ2n) is 3.64. The van der Waals surface area contributed by atoms with Gasteiger partial charge in [0.15, 0.2) is 0 Å². The maximum atomic E-state index is 5.92. The van der Waals surface area contributed by atoms with Crippen molar-refractivity contribution in [3.63, 3.8) is 0 Å². The van der Waals surface area contributed by atoms with Crippen LogP contribution in [0.2, 0.25) is 5.02 Å². The number of ether oxygens (including phenoxy) is 2. The summed E-state index contributed by atoms with van der Waals surface area (Å²) >= 11 is 11.6. The predicted octanol–water partition coefficient (Wildman–Crippen LogP) is 3.03. The number of alkyl halides is 1. The molecule has 2 rings (SSSR count). The van der Waals surface area contributed by atoms with E-state index in [0.29, 0.717) is 22.5 Å². The molecule has 0 spiro atoms. The van der Waals surface area contributed by atoms with Gasteiger partial charge in [-0.1, -0.05) is 11.6 Å². The molecule has 0 atom stereocenters. The minimum absolute atomic E-state index is 0.186. The van der Waals surface area contributed by atoms with E-state index < -0.39 is 0 Å². The molecule has 0 unspecified atom stereocenters. The van der Waals surface area contributed by atoms with Crippen LogP contribution >= 0.6 is 23.2 Å². The third-order valence-electron chi connectivity index (χ3n) is 2.48. The summed E-state index contributed by atoms with van der Waals surface area (Å²) in [6.45, 7) is 1.50. The van der Waals surface area contributed by atoms with Gasteiger partial charge in [0, 0.05) is 18.9 Å². The molecule has 0 saturated carbocycles. The van der Waals surface area contributed by atoms with Crippen molar-refractivity contribution in [1.29, 1.82) is 0 Å². The molecule has 5 heteroatoms. The monoisotopic (exact) mass is 261 g/mol. The molecule has 1 saturated heterocycles. The topological polar surface area (TPSA) is 31.4 Å². The van der Waals surface area contributed by atoms with Crippen LogP contribution < -0.4 is 4.74 Å². The van der Waals surface area contributed by atoms with E-state index in [-0.39, 0.29) is 6.10 Å². The molecule has 88 valence electrons. The number of hydrogen-bond donors (Lipinski definition) is 0. The Hall–Kier alpha value is -0.510. The zero-order valence-corrected chi connectivity index (χ0v) is 10.3. The van der Waals surface area contributed by atoms with Crippen molar-refractivity contribution in [2.75, 3.05) is 13.2 Å². The fraction of sp³-hybridized carbons (Fsp3) is 0.545. The zero-order valence-electron chi connectivity index (χ0n) is 8.79. The average Bonchev–Trinajstić information content (AvgIpc) is 2.33. The van der Waals surface area contributed by atoms with E-state index in [9.17, 15) is 0 Å². The van der Waals surface area contributed by atoms with Crippen LogP contribution in [0.25, 0.3) is 0 Å². The van der Waals surface area contributed by atoms with Gasteiger partial charge in [-0.05, 0) is 6.07 Å². The minimum Gasteiger partial charge on any atom is -0.474 e. The van der Waals surface area contributed by atoms with Gasteiger partial charge in [0.2, 0.25) is 5.88 Å².